The molecular formula is C8H13ClN2O2. The Kier molecular flexibility index (Phi) is 3.30. The summed E-state index contributed by atoms with van der Waals surface area (Å²) in [5.74, 6) is 0.00943. The summed E-state index contributed by atoms with van der Waals surface area (Å²) in [7, 11) is 1.76. The summed E-state index contributed by atoms with van der Waals surface area (Å²) in [5, 5.41) is 22.9. The fraction of sp³-hybridized carbons (Fsp3) is 0.625. The second kappa shape index (κ2) is 4.09. The molecule has 74 valence electrons. The quantitative estimate of drug-likeness (QED) is 0.700. The predicted molar refractivity (Wildman–Crippen MR) is 49.6 cm³/mol. The molecule has 0 aliphatic carbocycles. The minimum atomic E-state index is -0.953. The zero-order valence-corrected chi connectivity index (χ0v) is 8.36. The zero-order chi connectivity index (χ0) is 10.0. The molecule has 0 radical (unpaired) electrons. The van der Waals surface area contributed by atoms with E-state index in [0.717, 1.165) is 0 Å². The molecule has 0 spiro atoms. The van der Waals surface area contributed by atoms with Gasteiger partial charge in [-0.25, -0.2) is 0 Å². The third-order valence-electron chi connectivity index (χ3n) is 1.89. The molecule has 1 aromatic rings. The molecule has 13 heavy (non-hydrogen) atoms. The third-order valence-corrected chi connectivity index (χ3v) is 2.21. The van der Waals surface area contributed by atoms with Crippen molar-refractivity contribution in [2.45, 2.75) is 19.1 Å². The van der Waals surface area contributed by atoms with Crippen LogP contribution in [0.2, 0.25) is 0 Å². The van der Waals surface area contributed by atoms with Gasteiger partial charge in [0.15, 0.2) is 0 Å². The molecule has 2 N–H and O–H groups in total. The van der Waals surface area contributed by atoms with Crippen molar-refractivity contribution in [2.75, 3.05) is 5.88 Å². The van der Waals surface area contributed by atoms with Crippen LogP contribution >= 0.6 is 11.6 Å². The van der Waals surface area contributed by atoms with Gasteiger partial charge >= 0.3 is 0 Å². The van der Waals surface area contributed by atoms with Crippen molar-refractivity contribution < 1.29 is 10.2 Å². The number of hydrogen-bond acceptors (Lipinski definition) is 3. The van der Waals surface area contributed by atoms with Gasteiger partial charge in [-0.3, -0.25) is 4.68 Å². The minimum absolute atomic E-state index is 0.00943. The van der Waals surface area contributed by atoms with E-state index in [2.05, 4.69) is 5.10 Å². The van der Waals surface area contributed by atoms with Crippen molar-refractivity contribution in [3.63, 3.8) is 0 Å². The van der Waals surface area contributed by atoms with Gasteiger partial charge in [0.2, 0.25) is 0 Å². The monoisotopic (exact) mass is 204 g/mol. The molecule has 5 heteroatoms. The van der Waals surface area contributed by atoms with Gasteiger partial charge < -0.3 is 10.2 Å². The highest BCUT2D eigenvalue weighted by Gasteiger charge is 2.20. The van der Waals surface area contributed by atoms with Gasteiger partial charge in [0, 0.05) is 18.8 Å². The van der Waals surface area contributed by atoms with Gasteiger partial charge in [0.05, 0.1) is 17.7 Å². The normalized spacial score (nSPS) is 15.8. The van der Waals surface area contributed by atoms with Gasteiger partial charge in [-0.2, -0.15) is 5.10 Å². The predicted octanol–water partition coefficient (Wildman–Crippen LogP) is 0.362. The Labute approximate surface area is 81.8 Å². The molecule has 0 fully saturated rings. The number of aliphatic hydroxyl groups excluding tert-OH is 2. The molecule has 0 saturated carbocycles. The number of hydrogen-bond donors (Lipinski definition) is 2. The Bertz CT molecular complexity index is 288. The highest BCUT2D eigenvalue weighted by atomic mass is 35.5. The van der Waals surface area contributed by atoms with Crippen LogP contribution in [-0.2, 0) is 7.05 Å². The lowest BCUT2D eigenvalue weighted by atomic mass is 10.1. The molecule has 0 bridgehead atoms. The molecule has 0 aromatic carbocycles. The summed E-state index contributed by atoms with van der Waals surface area (Å²) >= 11 is 5.42. The lowest BCUT2D eigenvalue weighted by Crippen LogP contribution is -2.19. The first-order valence-corrected chi connectivity index (χ1v) is 4.52. The first-order chi connectivity index (χ1) is 6.06. The van der Waals surface area contributed by atoms with E-state index in [9.17, 15) is 10.2 Å². The summed E-state index contributed by atoms with van der Waals surface area (Å²) in [5.41, 5.74) is 1.33. The maximum Gasteiger partial charge on any atom is 0.109 e. The summed E-state index contributed by atoms with van der Waals surface area (Å²) in [6.07, 6.45) is -0.216. The van der Waals surface area contributed by atoms with Crippen molar-refractivity contribution in [1.82, 2.24) is 9.78 Å². The van der Waals surface area contributed by atoms with Crippen molar-refractivity contribution >= 4 is 11.6 Å². The molecule has 2 unspecified atom stereocenters. The molecular weight excluding hydrogens is 192 g/mol. The Morgan fingerprint density at radius 3 is 2.62 bits per heavy atom. The summed E-state index contributed by atoms with van der Waals surface area (Å²) in [6.45, 7) is 1.78. The maximum atomic E-state index is 9.60. The number of aliphatic hydroxyl groups is 2. The molecule has 0 amide bonds. The number of nitrogens with zero attached hydrogens (tertiary/aromatic N) is 2. The van der Waals surface area contributed by atoms with Crippen molar-refractivity contribution in [1.29, 1.82) is 0 Å². The van der Waals surface area contributed by atoms with Crippen LogP contribution < -0.4 is 0 Å². The molecule has 0 saturated heterocycles. The number of rotatable bonds is 3. The largest absolute Gasteiger partial charge is 0.389 e. The summed E-state index contributed by atoms with van der Waals surface area (Å²) in [4.78, 5) is 0. The third kappa shape index (κ3) is 2.21. The van der Waals surface area contributed by atoms with E-state index in [0.29, 0.717) is 11.3 Å². The Hall–Kier alpha value is -0.580. The van der Waals surface area contributed by atoms with Crippen LogP contribution in [0.15, 0.2) is 6.20 Å². The van der Waals surface area contributed by atoms with Crippen molar-refractivity contribution in [2.24, 2.45) is 7.05 Å². The van der Waals surface area contributed by atoms with Crippen LogP contribution in [0, 0.1) is 6.92 Å². The fourth-order valence-corrected chi connectivity index (χ4v) is 1.37. The topological polar surface area (TPSA) is 58.3 Å². The second-order valence-corrected chi connectivity index (χ2v) is 3.32. The maximum absolute atomic E-state index is 9.60. The standard InChI is InChI=1S/C8H13ClN2O2/c1-5-6(4-11(2)10-5)8(13)7(12)3-9/h4,7-8,12-13H,3H2,1-2H3. The van der Waals surface area contributed by atoms with Gasteiger partial charge in [-0.15, -0.1) is 11.6 Å². The first-order valence-electron chi connectivity index (χ1n) is 3.98. The van der Waals surface area contributed by atoms with Crippen LogP contribution in [0.1, 0.15) is 17.4 Å². The lowest BCUT2D eigenvalue weighted by Gasteiger charge is -2.13. The van der Waals surface area contributed by atoms with E-state index in [-0.39, 0.29) is 5.88 Å². The second-order valence-electron chi connectivity index (χ2n) is 3.01. The summed E-state index contributed by atoms with van der Waals surface area (Å²) in [6, 6.07) is 0. The van der Waals surface area contributed by atoms with E-state index >= 15 is 0 Å². The number of alkyl halides is 1. The lowest BCUT2D eigenvalue weighted by molar-refractivity contribution is 0.0323. The first kappa shape index (κ1) is 10.5. The molecule has 2 atom stereocenters. The summed E-state index contributed by atoms with van der Waals surface area (Å²) < 4.78 is 1.59. The van der Waals surface area contributed by atoms with Crippen LogP contribution in [0.4, 0.5) is 0 Å². The molecule has 1 rings (SSSR count). The van der Waals surface area contributed by atoms with E-state index in [1.165, 1.54) is 0 Å². The van der Waals surface area contributed by atoms with Crippen LogP contribution in [0.25, 0.3) is 0 Å². The van der Waals surface area contributed by atoms with E-state index < -0.39 is 12.2 Å². The van der Waals surface area contributed by atoms with E-state index in [4.69, 9.17) is 11.6 Å². The van der Waals surface area contributed by atoms with Crippen LogP contribution in [-0.4, -0.2) is 32.0 Å². The minimum Gasteiger partial charge on any atom is -0.389 e. The smallest absolute Gasteiger partial charge is 0.109 e. The van der Waals surface area contributed by atoms with E-state index in [1.807, 2.05) is 0 Å². The Balaban J connectivity index is 2.87. The molecule has 0 aliphatic rings. The average molecular weight is 205 g/mol. The fourth-order valence-electron chi connectivity index (χ4n) is 1.20. The SMILES string of the molecule is Cc1nn(C)cc1C(O)C(O)CCl. The van der Waals surface area contributed by atoms with Crippen molar-refractivity contribution in [3.8, 4) is 0 Å². The number of aromatic nitrogens is 2. The highest BCUT2D eigenvalue weighted by molar-refractivity contribution is 6.18. The van der Waals surface area contributed by atoms with Crippen molar-refractivity contribution in [3.05, 3.63) is 17.5 Å². The molecule has 0 aliphatic heterocycles. The molecule has 4 nitrogen and oxygen atoms in total. The van der Waals surface area contributed by atoms with E-state index in [1.54, 1.807) is 24.9 Å². The molecule has 1 aromatic heterocycles. The van der Waals surface area contributed by atoms with Gasteiger partial charge in [0.1, 0.15) is 6.10 Å². The zero-order valence-electron chi connectivity index (χ0n) is 7.61. The molecule has 1 heterocycles. The van der Waals surface area contributed by atoms with Gasteiger partial charge in [-0.05, 0) is 6.92 Å². The van der Waals surface area contributed by atoms with Crippen LogP contribution in [0.5, 0.6) is 0 Å². The highest BCUT2D eigenvalue weighted by Crippen LogP contribution is 2.20. The number of aryl methyl sites for hydroxylation is 2. The van der Waals surface area contributed by atoms with Crippen LogP contribution in [0.3, 0.4) is 0 Å². The Morgan fingerprint density at radius 2 is 2.23 bits per heavy atom. The average Bonchev–Trinajstić information content (AvgIpc) is 2.42. The van der Waals surface area contributed by atoms with Gasteiger partial charge in [0.25, 0.3) is 0 Å². The number of halogens is 1. The Morgan fingerprint density at radius 1 is 1.62 bits per heavy atom. The van der Waals surface area contributed by atoms with Gasteiger partial charge in [-0.1, -0.05) is 0 Å².